The van der Waals surface area contributed by atoms with Crippen molar-refractivity contribution < 1.29 is 19.1 Å². The largest absolute Gasteiger partial charge is 0.454 e. The van der Waals surface area contributed by atoms with E-state index in [2.05, 4.69) is 13.8 Å². The number of hydrogen-bond donors (Lipinski definition) is 0. The van der Waals surface area contributed by atoms with E-state index in [1.54, 1.807) is 24.3 Å². The standard InChI is InChI=1S/C28H34O4/c1-27-14-12-20(29)16-19(27)8-9-21-22-10-11-24(28(22,2)15-13-23(21)27)25(30)17-32-26(31)18-6-4-3-5-7-18/h3-7,16,21-24H,8-15,17H2,1-2H3/t21-,22-,23+,24+,27-,28-/m0/s1. The van der Waals surface area contributed by atoms with Crippen molar-refractivity contribution in [3.63, 3.8) is 0 Å². The molecule has 170 valence electrons. The van der Waals surface area contributed by atoms with Crippen molar-refractivity contribution in [3.8, 4) is 0 Å². The molecule has 0 N–H and O–H groups in total. The van der Waals surface area contributed by atoms with Gasteiger partial charge >= 0.3 is 5.97 Å². The third-order valence-corrected chi connectivity index (χ3v) is 9.71. The minimum absolute atomic E-state index is 0.000527. The van der Waals surface area contributed by atoms with Gasteiger partial charge in [-0.3, -0.25) is 9.59 Å². The maximum absolute atomic E-state index is 13.2. The minimum Gasteiger partial charge on any atom is -0.454 e. The molecular formula is C28H34O4. The number of carbonyl (C=O) groups excluding carboxylic acids is 3. The van der Waals surface area contributed by atoms with Crippen molar-refractivity contribution in [1.82, 2.24) is 0 Å². The van der Waals surface area contributed by atoms with Gasteiger partial charge in [0.05, 0.1) is 5.56 Å². The quantitative estimate of drug-likeness (QED) is 0.582. The third-order valence-electron chi connectivity index (χ3n) is 9.71. The Hall–Kier alpha value is -2.23. The van der Waals surface area contributed by atoms with E-state index in [0.717, 1.165) is 44.9 Å². The molecule has 0 saturated heterocycles. The molecule has 1 aromatic carbocycles. The van der Waals surface area contributed by atoms with Crippen molar-refractivity contribution >= 4 is 17.5 Å². The zero-order chi connectivity index (χ0) is 22.5. The first-order valence-corrected chi connectivity index (χ1v) is 12.3. The third kappa shape index (κ3) is 3.38. The lowest BCUT2D eigenvalue weighted by Gasteiger charge is -2.58. The predicted molar refractivity (Wildman–Crippen MR) is 122 cm³/mol. The maximum Gasteiger partial charge on any atom is 0.338 e. The maximum atomic E-state index is 13.2. The number of ether oxygens (including phenoxy) is 1. The first kappa shape index (κ1) is 21.6. The van der Waals surface area contributed by atoms with Gasteiger partial charge in [0, 0.05) is 12.3 Å². The van der Waals surface area contributed by atoms with Gasteiger partial charge in [0.2, 0.25) is 0 Å². The SMILES string of the molecule is C[C@]12CC[C@@H]3[C@@H](CCC4=CC(=O)CC[C@@]43C)[C@@H]1CC[C@@H]2C(=O)COC(=O)c1ccccc1. The van der Waals surface area contributed by atoms with E-state index in [0.29, 0.717) is 35.5 Å². The van der Waals surface area contributed by atoms with Gasteiger partial charge in [0.15, 0.2) is 18.2 Å². The number of allylic oxidation sites excluding steroid dienone is 1. The summed E-state index contributed by atoms with van der Waals surface area (Å²) >= 11 is 0. The fourth-order valence-electron chi connectivity index (χ4n) is 7.98. The lowest BCUT2D eigenvalue weighted by Crippen LogP contribution is -2.51. The molecule has 0 aromatic heterocycles. The number of benzene rings is 1. The molecule has 4 nitrogen and oxygen atoms in total. The number of ketones is 2. The van der Waals surface area contributed by atoms with Gasteiger partial charge in [0.1, 0.15) is 0 Å². The zero-order valence-electron chi connectivity index (χ0n) is 19.3. The molecule has 0 radical (unpaired) electrons. The molecule has 3 fully saturated rings. The molecule has 32 heavy (non-hydrogen) atoms. The van der Waals surface area contributed by atoms with Crippen LogP contribution in [0.15, 0.2) is 42.0 Å². The first-order chi connectivity index (χ1) is 15.3. The van der Waals surface area contributed by atoms with Crippen LogP contribution >= 0.6 is 0 Å². The zero-order valence-corrected chi connectivity index (χ0v) is 19.3. The summed E-state index contributed by atoms with van der Waals surface area (Å²) in [6.07, 6.45) is 9.98. The number of hydrogen-bond acceptors (Lipinski definition) is 4. The van der Waals surface area contributed by atoms with Gasteiger partial charge < -0.3 is 4.74 Å². The van der Waals surface area contributed by atoms with Crippen LogP contribution in [-0.2, 0) is 14.3 Å². The summed E-state index contributed by atoms with van der Waals surface area (Å²) in [5.74, 6) is 1.75. The summed E-state index contributed by atoms with van der Waals surface area (Å²) in [7, 11) is 0. The van der Waals surface area contributed by atoms with Crippen LogP contribution in [0.3, 0.4) is 0 Å². The molecule has 0 bridgehead atoms. The van der Waals surface area contributed by atoms with Gasteiger partial charge in [-0.05, 0) is 91.7 Å². The highest BCUT2D eigenvalue weighted by Gasteiger charge is 2.60. The molecule has 0 amide bonds. The van der Waals surface area contributed by atoms with E-state index in [1.165, 1.54) is 5.57 Å². The normalized spacial score (nSPS) is 38.2. The average Bonchev–Trinajstić information content (AvgIpc) is 3.15. The predicted octanol–water partition coefficient (Wildman–Crippen LogP) is 5.56. The second-order valence-corrected chi connectivity index (χ2v) is 11.1. The topological polar surface area (TPSA) is 60.4 Å². The molecule has 3 saturated carbocycles. The van der Waals surface area contributed by atoms with E-state index < -0.39 is 5.97 Å². The van der Waals surface area contributed by atoms with Crippen LogP contribution in [0, 0.1) is 34.5 Å². The Morgan fingerprint density at radius 1 is 0.969 bits per heavy atom. The van der Waals surface area contributed by atoms with Crippen molar-refractivity contribution in [2.24, 2.45) is 34.5 Å². The van der Waals surface area contributed by atoms with Crippen LogP contribution < -0.4 is 0 Å². The van der Waals surface area contributed by atoms with E-state index in [-0.39, 0.29) is 29.1 Å². The lowest BCUT2D eigenvalue weighted by atomic mass is 9.46. The summed E-state index contributed by atoms with van der Waals surface area (Å²) in [5, 5.41) is 0. The van der Waals surface area contributed by atoms with Crippen LogP contribution in [0.1, 0.15) is 75.6 Å². The highest BCUT2D eigenvalue weighted by molar-refractivity contribution is 5.92. The number of Topliss-reactive ketones (excluding diaryl/α,β-unsaturated/α-hetero) is 1. The number of carbonyl (C=O) groups is 3. The Morgan fingerprint density at radius 3 is 2.53 bits per heavy atom. The Balaban J connectivity index is 1.29. The molecular weight excluding hydrogens is 400 g/mol. The Bertz CT molecular complexity index is 963. The number of fused-ring (bicyclic) bond motifs is 5. The number of rotatable bonds is 4. The number of esters is 1. The van der Waals surface area contributed by atoms with Crippen LogP contribution in [0.4, 0.5) is 0 Å². The lowest BCUT2D eigenvalue weighted by molar-refractivity contribution is -0.133. The van der Waals surface area contributed by atoms with Crippen molar-refractivity contribution in [3.05, 3.63) is 47.5 Å². The van der Waals surface area contributed by atoms with Gasteiger partial charge in [-0.25, -0.2) is 4.79 Å². The first-order valence-electron chi connectivity index (χ1n) is 12.3. The molecule has 4 aliphatic carbocycles. The fourth-order valence-corrected chi connectivity index (χ4v) is 7.98. The van der Waals surface area contributed by atoms with Gasteiger partial charge in [-0.1, -0.05) is 37.6 Å². The Morgan fingerprint density at radius 2 is 1.75 bits per heavy atom. The summed E-state index contributed by atoms with van der Waals surface area (Å²) in [6.45, 7) is 4.59. The fraction of sp³-hybridized carbons (Fsp3) is 0.607. The monoisotopic (exact) mass is 434 g/mol. The summed E-state index contributed by atoms with van der Waals surface area (Å²) in [5.41, 5.74) is 2.03. The molecule has 1 aromatic rings. The molecule has 0 heterocycles. The van der Waals surface area contributed by atoms with Crippen molar-refractivity contribution in [1.29, 1.82) is 0 Å². The van der Waals surface area contributed by atoms with Crippen LogP contribution in [0.25, 0.3) is 0 Å². The van der Waals surface area contributed by atoms with Gasteiger partial charge in [-0.2, -0.15) is 0 Å². The Labute approximate surface area is 190 Å². The smallest absolute Gasteiger partial charge is 0.338 e. The second-order valence-electron chi connectivity index (χ2n) is 11.1. The Kier molecular flexibility index (Phi) is 5.38. The highest BCUT2D eigenvalue weighted by atomic mass is 16.5. The molecule has 5 rings (SSSR count). The van der Waals surface area contributed by atoms with E-state index in [1.807, 2.05) is 12.1 Å². The summed E-state index contributed by atoms with van der Waals surface area (Å²) < 4.78 is 5.40. The highest BCUT2D eigenvalue weighted by Crippen LogP contribution is 2.66. The van der Waals surface area contributed by atoms with E-state index in [9.17, 15) is 14.4 Å². The van der Waals surface area contributed by atoms with Gasteiger partial charge in [-0.15, -0.1) is 0 Å². The summed E-state index contributed by atoms with van der Waals surface area (Å²) in [6, 6.07) is 8.88. The minimum atomic E-state index is -0.422. The molecule has 0 unspecified atom stereocenters. The second kappa shape index (κ2) is 7.97. The molecule has 4 heteroatoms. The van der Waals surface area contributed by atoms with E-state index >= 15 is 0 Å². The molecule has 0 spiro atoms. The van der Waals surface area contributed by atoms with E-state index in [4.69, 9.17) is 4.74 Å². The van der Waals surface area contributed by atoms with Crippen LogP contribution in [0.5, 0.6) is 0 Å². The molecule has 4 aliphatic rings. The van der Waals surface area contributed by atoms with Crippen LogP contribution in [0.2, 0.25) is 0 Å². The molecule has 6 atom stereocenters. The summed E-state index contributed by atoms with van der Waals surface area (Å²) in [4.78, 5) is 37.5. The van der Waals surface area contributed by atoms with Crippen molar-refractivity contribution in [2.45, 2.75) is 65.2 Å². The van der Waals surface area contributed by atoms with Crippen molar-refractivity contribution in [2.75, 3.05) is 6.61 Å². The van der Waals surface area contributed by atoms with Crippen LogP contribution in [-0.4, -0.2) is 24.1 Å². The average molecular weight is 435 g/mol. The molecule has 0 aliphatic heterocycles. The van der Waals surface area contributed by atoms with Gasteiger partial charge in [0.25, 0.3) is 0 Å².